The van der Waals surface area contributed by atoms with Crippen LogP contribution in [0.25, 0.3) is 10.8 Å². The van der Waals surface area contributed by atoms with Crippen LogP contribution < -0.4 is 5.73 Å². The first-order chi connectivity index (χ1) is 6.31. The van der Waals surface area contributed by atoms with Crippen LogP contribution in [0.1, 0.15) is 5.56 Å². The Morgan fingerprint density at radius 2 is 2.23 bits per heavy atom. The lowest BCUT2D eigenvalue weighted by atomic mass is 10.1. The number of fused-ring (bicyclic) bond motifs is 1. The van der Waals surface area contributed by atoms with Gasteiger partial charge in [-0.25, -0.2) is 0 Å². The Hall–Kier alpha value is -1.19. The quantitative estimate of drug-likeness (QED) is 0.751. The Bertz CT molecular complexity index is 442. The summed E-state index contributed by atoms with van der Waals surface area (Å²) >= 11 is 5.85. The van der Waals surface area contributed by atoms with Crippen molar-refractivity contribution in [1.29, 1.82) is 0 Å². The third kappa shape index (κ3) is 1.48. The molecule has 0 saturated carbocycles. The number of aromatic nitrogens is 2. The Kier molecular flexibility index (Phi) is 2.12. The molecule has 66 valence electrons. The first kappa shape index (κ1) is 8.41. The molecule has 0 radical (unpaired) electrons. The number of nitrogens with two attached hydrogens (primary N) is 1. The van der Waals surface area contributed by atoms with Crippen molar-refractivity contribution in [2.75, 3.05) is 0 Å². The van der Waals surface area contributed by atoms with Gasteiger partial charge in [0.1, 0.15) is 0 Å². The van der Waals surface area contributed by atoms with E-state index in [-0.39, 0.29) is 0 Å². The maximum Gasteiger partial charge on any atom is 0.159 e. The highest BCUT2D eigenvalue weighted by molar-refractivity contribution is 6.34. The molecule has 1 aromatic heterocycles. The minimum atomic E-state index is 0.432. The third-order valence-corrected chi connectivity index (χ3v) is 2.20. The highest BCUT2D eigenvalue weighted by Gasteiger charge is 2.00. The highest BCUT2D eigenvalue weighted by atomic mass is 35.5. The number of halogens is 1. The zero-order valence-electron chi connectivity index (χ0n) is 6.87. The Morgan fingerprint density at radius 3 is 3.00 bits per heavy atom. The maximum atomic E-state index is 5.85. The Morgan fingerprint density at radius 1 is 1.38 bits per heavy atom. The second kappa shape index (κ2) is 3.28. The van der Waals surface area contributed by atoms with Gasteiger partial charge in [-0.15, -0.1) is 5.10 Å². The second-order valence-electron chi connectivity index (χ2n) is 2.76. The predicted molar refractivity (Wildman–Crippen MR) is 52.4 cm³/mol. The summed E-state index contributed by atoms with van der Waals surface area (Å²) in [5.74, 6) is 0. The van der Waals surface area contributed by atoms with Gasteiger partial charge in [0.2, 0.25) is 0 Å². The zero-order chi connectivity index (χ0) is 9.26. The van der Waals surface area contributed by atoms with Crippen molar-refractivity contribution in [2.45, 2.75) is 6.54 Å². The smallest absolute Gasteiger partial charge is 0.159 e. The number of hydrogen-bond acceptors (Lipinski definition) is 3. The van der Waals surface area contributed by atoms with E-state index in [2.05, 4.69) is 10.2 Å². The lowest BCUT2D eigenvalue weighted by molar-refractivity contribution is 1.04. The summed E-state index contributed by atoms with van der Waals surface area (Å²) in [6.07, 6.45) is 1.68. The SMILES string of the molecule is NCc1ccc2c(Cl)nncc2c1. The van der Waals surface area contributed by atoms with Gasteiger partial charge >= 0.3 is 0 Å². The maximum absolute atomic E-state index is 5.85. The summed E-state index contributed by atoms with van der Waals surface area (Å²) in [4.78, 5) is 0. The molecule has 0 bridgehead atoms. The van der Waals surface area contributed by atoms with Gasteiger partial charge in [-0.3, -0.25) is 0 Å². The zero-order valence-corrected chi connectivity index (χ0v) is 7.62. The standard InChI is InChI=1S/C9H8ClN3/c10-9-8-2-1-6(4-11)3-7(8)5-12-13-9/h1-3,5H,4,11H2. The predicted octanol–water partition coefficient (Wildman–Crippen LogP) is 1.74. The molecular weight excluding hydrogens is 186 g/mol. The van der Waals surface area contributed by atoms with E-state index in [4.69, 9.17) is 17.3 Å². The summed E-state index contributed by atoms with van der Waals surface area (Å²) in [7, 11) is 0. The molecule has 0 amide bonds. The summed E-state index contributed by atoms with van der Waals surface area (Å²) in [5, 5.41) is 9.83. The fourth-order valence-electron chi connectivity index (χ4n) is 1.23. The average molecular weight is 194 g/mol. The van der Waals surface area contributed by atoms with Crippen molar-refractivity contribution in [1.82, 2.24) is 10.2 Å². The third-order valence-electron chi connectivity index (χ3n) is 1.92. The largest absolute Gasteiger partial charge is 0.326 e. The molecule has 0 spiro atoms. The van der Waals surface area contributed by atoms with Crippen LogP contribution in [0.15, 0.2) is 24.4 Å². The molecule has 3 nitrogen and oxygen atoms in total. The van der Waals surface area contributed by atoms with E-state index in [0.29, 0.717) is 11.7 Å². The van der Waals surface area contributed by atoms with Crippen molar-refractivity contribution in [3.05, 3.63) is 35.1 Å². The van der Waals surface area contributed by atoms with E-state index < -0.39 is 0 Å². The second-order valence-corrected chi connectivity index (χ2v) is 3.12. The van der Waals surface area contributed by atoms with Crippen LogP contribution in [0.4, 0.5) is 0 Å². The molecule has 0 saturated heterocycles. The van der Waals surface area contributed by atoms with E-state index >= 15 is 0 Å². The fraction of sp³-hybridized carbons (Fsp3) is 0.111. The van der Waals surface area contributed by atoms with Crippen molar-refractivity contribution < 1.29 is 0 Å². The molecular formula is C9H8ClN3. The van der Waals surface area contributed by atoms with E-state index in [1.54, 1.807) is 6.20 Å². The monoisotopic (exact) mass is 193 g/mol. The molecule has 0 fully saturated rings. The molecule has 13 heavy (non-hydrogen) atoms. The summed E-state index contributed by atoms with van der Waals surface area (Å²) in [6, 6.07) is 5.82. The lowest BCUT2D eigenvalue weighted by Gasteiger charge is -2.00. The van der Waals surface area contributed by atoms with Crippen molar-refractivity contribution in [2.24, 2.45) is 5.73 Å². The topological polar surface area (TPSA) is 51.8 Å². The van der Waals surface area contributed by atoms with Crippen molar-refractivity contribution in [3.63, 3.8) is 0 Å². The van der Waals surface area contributed by atoms with Gasteiger partial charge in [-0.05, 0) is 11.6 Å². The van der Waals surface area contributed by atoms with Crippen LogP contribution in [-0.2, 0) is 6.54 Å². The molecule has 0 aliphatic carbocycles. The van der Waals surface area contributed by atoms with E-state index in [9.17, 15) is 0 Å². The van der Waals surface area contributed by atoms with Gasteiger partial charge in [0.05, 0.1) is 6.20 Å². The molecule has 0 atom stereocenters. The molecule has 0 aliphatic heterocycles. The molecule has 0 unspecified atom stereocenters. The van der Waals surface area contributed by atoms with Crippen LogP contribution in [0.5, 0.6) is 0 Å². The molecule has 2 rings (SSSR count). The first-order valence-electron chi connectivity index (χ1n) is 3.91. The van der Waals surface area contributed by atoms with Gasteiger partial charge in [0, 0.05) is 17.3 Å². The van der Waals surface area contributed by atoms with Crippen LogP contribution in [-0.4, -0.2) is 10.2 Å². The normalized spacial score (nSPS) is 10.6. The van der Waals surface area contributed by atoms with Crippen LogP contribution in [0.3, 0.4) is 0 Å². The minimum Gasteiger partial charge on any atom is -0.326 e. The average Bonchev–Trinajstić information content (AvgIpc) is 2.18. The van der Waals surface area contributed by atoms with Crippen LogP contribution in [0.2, 0.25) is 5.15 Å². The summed E-state index contributed by atoms with van der Waals surface area (Å²) in [5.41, 5.74) is 6.58. The van der Waals surface area contributed by atoms with Gasteiger partial charge in [-0.1, -0.05) is 23.7 Å². The molecule has 2 N–H and O–H groups in total. The minimum absolute atomic E-state index is 0.432. The number of rotatable bonds is 1. The Labute approximate surface area is 80.5 Å². The van der Waals surface area contributed by atoms with Gasteiger partial charge < -0.3 is 5.73 Å². The summed E-state index contributed by atoms with van der Waals surface area (Å²) < 4.78 is 0. The summed E-state index contributed by atoms with van der Waals surface area (Å²) in [6.45, 7) is 0.524. The fourth-order valence-corrected chi connectivity index (χ4v) is 1.45. The molecule has 0 aliphatic rings. The van der Waals surface area contributed by atoms with Gasteiger partial charge in [0.15, 0.2) is 5.15 Å². The molecule has 4 heteroatoms. The van der Waals surface area contributed by atoms with E-state index in [1.807, 2.05) is 18.2 Å². The van der Waals surface area contributed by atoms with Crippen LogP contribution in [0, 0.1) is 0 Å². The highest BCUT2D eigenvalue weighted by Crippen LogP contribution is 2.20. The van der Waals surface area contributed by atoms with E-state index in [0.717, 1.165) is 16.3 Å². The van der Waals surface area contributed by atoms with Gasteiger partial charge in [-0.2, -0.15) is 5.10 Å². The van der Waals surface area contributed by atoms with Gasteiger partial charge in [0.25, 0.3) is 0 Å². The lowest BCUT2D eigenvalue weighted by Crippen LogP contribution is -1.95. The first-order valence-corrected chi connectivity index (χ1v) is 4.29. The molecule has 2 aromatic rings. The van der Waals surface area contributed by atoms with Crippen molar-refractivity contribution >= 4 is 22.4 Å². The van der Waals surface area contributed by atoms with Crippen LogP contribution >= 0.6 is 11.6 Å². The number of nitrogens with zero attached hydrogens (tertiary/aromatic N) is 2. The molecule has 1 aromatic carbocycles. The number of benzene rings is 1. The Balaban J connectivity index is 2.72. The van der Waals surface area contributed by atoms with E-state index in [1.165, 1.54) is 0 Å². The number of hydrogen-bond donors (Lipinski definition) is 1. The van der Waals surface area contributed by atoms with Crippen molar-refractivity contribution in [3.8, 4) is 0 Å². The molecule has 1 heterocycles.